The molecule has 0 radical (unpaired) electrons. The average molecular weight is 416 g/mol. The molecule has 0 spiro atoms. The Balaban J connectivity index is 1.54. The van der Waals surface area contributed by atoms with E-state index < -0.39 is 0 Å². The van der Waals surface area contributed by atoms with Crippen LogP contribution in [0.1, 0.15) is 24.8 Å². The number of nitrogens with two attached hydrogens (primary N) is 1. The molecule has 152 valence electrons. The summed E-state index contributed by atoms with van der Waals surface area (Å²) in [7, 11) is 0. The first-order valence-electron chi connectivity index (χ1n) is 9.48. The fourth-order valence-electron chi connectivity index (χ4n) is 3.89. The lowest BCUT2D eigenvalue weighted by Crippen LogP contribution is -2.45. The van der Waals surface area contributed by atoms with Gasteiger partial charge in [-0.3, -0.25) is 9.59 Å². The van der Waals surface area contributed by atoms with Crippen molar-refractivity contribution < 1.29 is 19.1 Å². The molecule has 0 fully saturated rings. The zero-order chi connectivity index (χ0) is 20.5. The Morgan fingerprint density at radius 2 is 1.90 bits per heavy atom. The number of rotatable bonds is 4. The molecule has 2 aliphatic heterocycles. The summed E-state index contributed by atoms with van der Waals surface area (Å²) in [4.78, 5) is 26.7. The number of primary amides is 1. The van der Waals surface area contributed by atoms with Crippen LogP contribution in [0.4, 0.5) is 11.4 Å². The van der Waals surface area contributed by atoms with E-state index in [-0.39, 0.29) is 30.3 Å². The number of anilines is 2. The van der Waals surface area contributed by atoms with Gasteiger partial charge in [0.15, 0.2) is 11.5 Å². The van der Waals surface area contributed by atoms with Gasteiger partial charge in [-0.05, 0) is 25.0 Å². The fourth-order valence-corrected chi connectivity index (χ4v) is 4.09. The molecule has 2 atom stereocenters. The number of nitrogens with one attached hydrogen (secondary N) is 1. The first-order chi connectivity index (χ1) is 13.9. The molecule has 29 heavy (non-hydrogen) atoms. The van der Waals surface area contributed by atoms with Gasteiger partial charge < -0.3 is 25.4 Å². The van der Waals surface area contributed by atoms with Gasteiger partial charge in [0.2, 0.25) is 11.8 Å². The fraction of sp³-hybridized carbons (Fsp3) is 0.333. The smallest absolute Gasteiger partial charge is 0.243 e. The molecule has 2 aromatic rings. The molecule has 4 rings (SSSR count). The first-order valence-corrected chi connectivity index (χ1v) is 9.85. The van der Waals surface area contributed by atoms with E-state index in [0.717, 1.165) is 11.3 Å². The van der Waals surface area contributed by atoms with Crippen LogP contribution in [0.5, 0.6) is 11.5 Å². The number of amides is 2. The largest absolute Gasteiger partial charge is 0.486 e. The zero-order valence-electron chi connectivity index (χ0n) is 16.0. The molecule has 2 amide bonds. The van der Waals surface area contributed by atoms with E-state index in [1.165, 1.54) is 0 Å². The van der Waals surface area contributed by atoms with Crippen LogP contribution in [0, 0.1) is 0 Å². The van der Waals surface area contributed by atoms with Gasteiger partial charge >= 0.3 is 0 Å². The highest BCUT2D eigenvalue weighted by atomic mass is 35.5. The number of benzene rings is 2. The zero-order valence-corrected chi connectivity index (χ0v) is 16.7. The molecular formula is C21H22ClN3O4. The minimum Gasteiger partial charge on any atom is -0.486 e. The van der Waals surface area contributed by atoms with Gasteiger partial charge in [0.1, 0.15) is 13.2 Å². The van der Waals surface area contributed by atoms with Crippen molar-refractivity contribution >= 4 is 34.8 Å². The number of para-hydroxylation sites is 1. The van der Waals surface area contributed by atoms with Crippen molar-refractivity contribution in [3.05, 3.63) is 47.0 Å². The second kappa shape index (κ2) is 7.83. The van der Waals surface area contributed by atoms with Gasteiger partial charge in [0, 0.05) is 23.9 Å². The summed E-state index contributed by atoms with van der Waals surface area (Å²) in [5.74, 6) is 0.194. The monoisotopic (exact) mass is 415 g/mol. The van der Waals surface area contributed by atoms with Crippen LogP contribution in [0.3, 0.4) is 0 Å². The SMILES string of the molecule is C[C@H]1C[C@H](C(N)=O)c2ccccc2N1CC(=O)Nc1cc2c(cc1Cl)OCCO2. The first kappa shape index (κ1) is 19.4. The summed E-state index contributed by atoms with van der Waals surface area (Å²) in [5.41, 5.74) is 7.75. The third kappa shape index (κ3) is 3.82. The highest BCUT2D eigenvalue weighted by molar-refractivity contribution is 6.34. The second-order valence-electron chi connectivity index (χ2n) is 7.25. The van der Waals surface area contributed by atoms with Gasteiger partial charge in [0.05, 0.1) is 23.2 Å². The van der Waals surface area contributed by atoms with Crippen molar-refractivity contribution in [1.82, 2.24) is 0 Å². The normalized spacial score (nSPS) is 20.0. The number of carbonyl (C=O) groups excluding carboxylic acids is 2. The predicted molar refractivity (Wildman–Crippen MR) is 111 cm³/mol. The maximum atomic E-state index is 12.8. The van der Waals surface area contributed by atoms with Crippen LogP contribution >= 0.6 is 11.6 Å². The van der Waals surface area contributed by atoms with E-state index in [4.69, 9.17) is 26.8 Å². The molecule has 0 saturated heterocycles. The van der Waals surface area contributed by atoms with Gasteiger partial charge in [-0.1, -0.05) is 29.8 Å². The van der Waals surface area contributed by atoms with Gasteiger partial charge in [-0.25, -0.2) is 0 Å². The maximum Gasteiger partial charge on any atom is 0.243 e. The second-order valence-corrected chi connectivity index (χ2v) is 7.66. The highest BCUT2D eigenvalue weighted by Crippen LogP contribution is 2.39. The molecule has 7 nitrogen and oxygen atoms in total. The molecule has 0 aliphatic carbocycles. The van der Waals surface area contributed by atoms with Gasteiger partial charge in [-0.15, -0.1) is 0 Å². The van der Waals surface area contributed by atoms with Crippen LogP contribution in [0.25, 0.3) is 0 Å². The lowest BCUT2D eigenvalue weighted by Gasteiger charge is -2.39. The molecule has 2 heterocycles. The number of hydrogen-bond acceptors (Lipinski definition) is 5. The number of fused-ring (bicyclic) bond motifs is 2. The summed E-state index contributed by atoms with van der Waals surface area (Å²) in [6, 6.07) is 10.8. The number of nitrogens with zero attached hydrogens (tertiary/aromatic N) is 1. The number of hydrogen-bond donors (Lipinski definition) is 2. The van der Waals surface area contributed by atoms with Crippen LogP contribution in [0.2, 0.25) is 5.02 Å². The Kier molecular flexibility index (Phi) is 5.24. The third-order valence-electron chi connectivity index (χ3n) is 5.29. The predicted octanol–water partition coefficient (Wildman–Crippen LogP) is 2.92. The van der Waals surface area contributed by atoms with Crippen LogP contribution in [-0.2, 0) is 9.59 Å². The van der Waals surface area contributed by atoms with E-state index in [9.17, 15) is 9.59 Å². The highest BCUT2D eigenvalue weighted by Gasteiger charge is 2.33. The lowest BCUT2D eigenvalue weighted by atomic mass is 9.85. The number of ether oxygens (including phenoxy) is 2. The topological polar surface area (TPSA) is 93.9 Å². The Morgan fingerprint density at radius 3 is 2.62 bits per heavy atom. The molecule has 0 aromatic heterocycles. The minimum atomic E-state index is -0.354. The summed E-state index contributed by atoms with van der Waals surface area (Å²) in [5, 5.41) is 3.23. The van der Waals surface area contributed by atoms with Crippen LogP contribution in [-0.4, -0.2) is 37.6 Å². The van der Waals surface area contributed by atoms with E-state index in [1.807, 2.05) is 36.1 Å². The standard InChI is InChI=1S/C21H22ClN3O4/c1-12-8-14(21(23)27)13-4-2-3-5-17(13)25(12)11-20(26)24-16-10-19-18(9-15(16)22)28-6-7-29-19/h2-5,9-10,12,14H,6-8,11H2,1H3,(H2,23,27)(H,24,26)/t12-,14-/m0/s1. The molecule has 0 saturated carbocycles. The van der Waals surface area contributed by atoms with Crippen molar-refractivity contribution in [2.75, 3.05) is 30.0 Å². The van der Waals surface area contributed by atoms with Crippen LogP contribution < -0.4 is 25.4 Å². The minimum absolute atomic E-state index is 0.0242. The van der Waals surface area contributed by atoms with E-state index in [0.29, 0.717) is 41.8 Å². The van der Waals surface area contributed by atoms with Gasteiger partial charge in [0.25, 0.3) is 0 Å². The number of carbonyl (C=O) groups is 2. The van der Waals surface area contributed by atoms with Crippen molar-refractivity contribution in [3.63, 3.8) is 0 Å². The average Bonchev–Trinajstić information content (AvgIpc) is 2.70. The quantitative estimate of drug-likeness (QED) is 0.800. The third-order valence-corrected chi connectivity index (χ3v) is 5.61. The summed E-state index contributed by atoms with van der Waals surface area (Å²) < 4.78 is 11.1. The summed E-state index contributed by atoms with van der Waals surface area (Å²) >= 11 is 6.30. The Morgan fingerprint density at radius 1 is 1.21 bits per heavy atom. The molecule has 0 bridgehead atoms. The summed E-state index contributed by atoms with van der Waals surface area (Å²) in [6.07, 6.45) is 0.560. The van der Waals surface area contributed by atoms with Crippen molar-refractivity contribution in [2.45, 2.75) is 25.3 Å². The number of halogens is 1. The molecule has 0 unspecified atom stereocenters. The maximum absolute atomic E-state index is 12.8. The Labute approximate surface area is 173 Å². The van der Waals surface area contributed by atoms with Crippen molar-refractivity contribution in [2.24, 2.45) is 5.73 Å². The van der Waals surface area contributed by atoms with Crippen molar-refractivity contribution in [1.29, 1.82) is 0 Å². The van der Waals surface area contributed by atoms with Gasteiger partial charge in [-0.2, -0.15) is 0 Å². The Bertz CT molecular complexity index is 965. The molecule has 8 heteroatoms. The van der Waals surface area contributed by atoms with E-state index in [1.54, 1.807) is 12.1 Å². The van der Waals surface area contributed by atoms with Crippen LogP contribution in [0.15, 0.2) is 36.4 Å². The molecule has 2 aromatic carbocycles. The summed E-state index contributed by atoms with van der Waals surface area (Å²) in [6.45, 7) is 3.02. The lowest BCUT2D eigenvalue weighted by molar-refractivity contribution is -0.119. The van der Waals surface area contributed by atoms with E-state index >= 15 is 0 Å². The van der Waals surface area contributed by atoms with Crippen molar-refractivity contribution in [3.8, 4) is 11.5 Å². The molecule has 3 N–H and O–H groups in total. The molecular weight excluding hydrogens is 394 g/mol. The van der Waals surface area contributed by atoms with E-state index in [2.05, 4.69) is 5.32 Å². The molecule has 2 aliphatic rings. The Hall–Kier alpha value is -2.93.